The summed E-state index contributed by atoms with van der Waals surface area (Å²) in [5, 5.41) is 3.45. The van der Waals surface area contributed by atoms with Crippen molar-refractivity contribution in [3.05, 3.63) is 35.6 Å². The van der Waals surface area contributed by atoms with Gasteiger partial charge in [-0.25, -0.2) is 4.39 Å². The lowest BCUT2D eigenvalue weighted by Crippen LogP contribution is -2.30. The van der Waals surface area contributed by atoms with Gasteiger partial charge in [0.15, 0.2) is 0 Å². The molecule has 1 unspecified atom stereocenters. The Hall–Kier alpha value is -0.890. The van der Waals surface area contributed by atoms with E-state index in [4.69, 9.17) is 0 Å². The topological polar surface area (TPSA) is 12.0 Å². The maximum Gasteiger partial charge on any atom is 0.127 e. The maximum atomic E-state index is 13.3. The van der Waals surface area contributed by atoms with E-state index in [-0.39, 0.29) is 5.82 Å². The molecule has 82 valence electrons. The molecule has 2 rings (SSSR count). The fourth-order valence-electron chi connectivity index (χ4n) is 2.03. The smallest absolute Gasteiger partial charge is 0.127 e. The van der Waals surface area contributed by atoms with E-state index < -0.39 is 0 Å². The molecule has 15 heavy (non-hydrogen) atoms. The summed E-state index contributed by atoms with van der Waals surface area (Å²) in [5.74, 6) is 0.734. The van der Waals surface area contributed by atoms with Crippen molar-refractivity contribution in [2.75, 3.05) is 0 Å². The summed E-state index contributed by atoms with van der Waals surface area (Å²) >= 11 is 0. The van der Waals surface area contributed by atoms with E-state index in [9.17, 15) is 4.39 Å². The lowest BCUT2D eigenvalue weighted by molar-refractivity contribution is 0.443. The molecule has 1 atom stereocenters. The second-order valence-electron chi connectivity index (χ2n) is 4.32. The van der Waals surface area contributed by atoms with Crippen molar-refractivity contribution in [3.8, 4) is 0 Å². The molecule has 0 amide bonds. The molecule has 1 nitrogen and oxygen atoms in total. The molecule has 0 aromatic heterocycles. The molecule has 1 aliphatic rings. The summed E-state index contributed by atoms with van der Waals surface area (Å²) in [5.41, 5.74) is 0.775. The summed E-state index contributed by atoms with van der Waals surface area (Å²) in [4.78, 5) is 0. The summed E-state index contributed by atoms with van der Waals surface area (Å²) in [7, 11) is 0. The molecule has 2 heteroatoms. The molecule has 0 spiro atoms. The standard InChI is InChI=1S/C13H18FN/c1-2-13(10-7-8-10)15-9-11-5-3-4-6-12(11)14/h3-6,10,13,15H,2,7-9H2,1H3. The first-order valence-electron chi connectivity index (χ1n) is 5.78. The fraction of sp³-hybridized carbons (Fsp3) is 0.538. The van der Waals surface area contributed by atoms with Crippen LogP contribution in [0.1, 0.15) is 31.7 Å². The van der Waals surface area contributed by atoms with Crippen molar-refractivity contribution in [1.29, 1.82) is 0 Å². The Morgan fingerprint density at radius 2 is 2.13 bits per heavy atom. The van der Waals surface area contributed by atoms with E-state index in [1.165, 1.54) is 18.9 Å². The third-order valence-electron chi connectivity index (χ3n) is 3.14. The molecule has 1 N–H and O–H groups in total. The van der Waals surface area contributed by atoms with Crippen molar-refractivity contribution >= 4 is 0 Å². The molecule has 0 bridgehead atoms. The molecule has 1 saturated carbocycles. The summed E-state index contributed by atoms with van der Waals surface area (Å²) in [6.45, 7) is 2.85. The molecule has 1 aromatic carbocycles. The first kappa shape index (κ1) is 10.6. The van der Waals surface area contributed by atoms with Crippen LogP contribution in [-0.2, 0) is 6.54 Å². The zero-order valence-electron chi connectivity index (χ0n) is 9.17. The lowest BCUT2D eigenvalue weighted by atomic mass is 10.1. The molecule has 0 radical (unpaired) electrons. The van der Waals surface area contributed by atoms with Crippen LogP contribution in [0.25, 0.3) is 0 Å². The van der Waals surface area contributed by atoms with Crippen molar-refractivity contribution in [2.24, 2.45) is 5.92 Å². The number of hydrogen-bond acceptors (Lipinski definition) is 1. The highest BCUT2D eigenvalue weighted by atomic mass is 19.1. The van der Waals surface area contributed by atoms with Gasteiger partial charge in [-0.1, -0.05) is 25.1 Å². The molecule has 0 saturated heterocycles. The van der Waals surface area contributed by atoms with Gasteiger partial charge in [0.25, 0.3) is 0 Å². The molecule has 1 aliphatic carbocycles. The summed E-state index contributed by atoms with van der Waals surface area (Å²) in [6.07, 6.45) is 3.81. The fourth-order valence-corrected chi connectivity index (χ4v) is 2.03. The molecule has 0 aliphatic heterocycles. The van der Waals surface area contributed by atoms with E-state index >= 15 is 0 Å². The van der Waals surface area contributed by atoms with Gasteiger partial charge in [0.2, 0.25) is 0 Å². The van der Waals surface area contributed by atoms with Crippen LogP contribution in [0.3, 0.4) is 0 Å². The van der Waals surface area contributed by atoms with E-state index in [0.717, 1.165) is 17.9 Å². The van der Waals surface area contributed by atoms with Crippen LogP contribution in [0.5, 0.6) is 0 Å². The number of nitrogens with one attached hydrogen (secondary N) is 1. The summed E-state index contributed by atoms with van der Waals surface area (Å²) in [6, 6.07) is 7.57. The van der Waals surface area contributed by atoms with Crippen LogP contribution >= 0.6 is 0 Å². The van der Waals surface area contributed by atoms with E-state index in [1.54, 1.807) is 6.07 Å². The first-order valence-corrected chi connectivity index (χ1v) is 5.78. The van der Waals surface area contributed by atoms with Crippen molar-refractivity contribution in [1.82, 2.24) is 5.32 Å². The average molecular weight is 207 g/mol. The Morgan fingerprint density at radius 1 is 1.40 bits per heavy atom. The molecule has 1 fully saturated rings. The Morgan fingerprint density at radius 3 is 2.73 bits per heavy atom. The van der Waals surface area contributed by atoms with Gasteiger partial charge in [0.05, 0.1) is 0 Å². The Labute approximate surface area is 90.7 Å². The van der Waals surface area contributed by atoms with Gasteiger partial charge < -0.3 is 5.32 Å². The third kappa shape index (κ3) is 2.78. The number of hydrogen-bond donors (Lipinski definition) is 1. The molecular formula is C13H18FN. The SMILES string of the molecule is CCC(NCc1ccccc1F)C1CC1. The zero-order valence-corrected chi connectivity index (χ0v) is 9.17. The second kappa shape index (κ2) is 4.75. The normalized spacial score (nSPS) is 17.7. The predicted molar refractivity (Wildman–Crippen MR) is 60.0 cm³/mol. The highest BCUT2D eigenvalue weighted by Crippen LogP contribution is 2.34. The van der Waals surface area contributed by atoms with Crippen molar-refractivity contribution in [3.63, 3.8) is 0 Å². The van der Waals surface area contributed by atoms with Crippen LogP contribution < -0.4 is 5.32 Å². The first-order chi connectivity index (χ1) is 7.31. The minimum absolute atomic E-state index is 0.101. The summed E-state index contributed by atoms with van der Waals surface area (Å²) < 4.78 is 13.3. The monoisotopic (exact) mass is 207 g/mol. The minimum Gasteiger partial charge on any atom is -0.310 e. The highest BCUT2D eigenvalue weighted by Gasteiger charge is 2.29. The second-order valence-corrected chi connectivity index (χ2v) is 4.32. The van der Waals surface area contributed by atoms with Gasteiger partial charge in [-0.05, 0) is 31.2 Å². The third-order valence-corrected chi connectivity index (χ3v) is 3.14. The predicted octanol–water partition coefficient (Wildman–Crippen LogP) is 3.10. The zero-order chi connectivity index (χ0) is 10.7. The molecule has 0 heterocycles. The van der Waals surface area contributed by atoms with E-state index in [2.05, 4.69) is 12.2 Å². The number of halogens is 1. The van der Waals surface area contributed by atoms with Crippen LogP contribution in [0, 0.1) is 11.7 Å². The van der Waals surface area contributed by atoms with Crippen molar-refractivity contribution in [2.45, 2.75) is 38.8 Å². The molecule has 1 aromatic rings. The van der Waals surface area contributed by atoms with E-state index in [0.29, 0.717) is 12.6 Å². The lowest BCUT2D eigenvalue weighted by Gasteiger charge is -2.16. The van der Waals surface area contributed by atoms with Gasteiger partial charge >= 0.3 is 0 Å². The van der Waals surface area contributed by atoms with Gasteiger partial charge in [-0.15, -0.1) is 0 Å². The quantitative estimate of drug-likeness (QED) is 0.782. The van der Waals surface area contributed by atoms with Crippen LogP contribution in [0.15, 0.2) is 24.3 Å². The number of rotatable bonds is 5. The number of benzene rings is 1. The van der Waals surface area contributed by atoms with Gasteiger partial charge in [-0.3, -0.25) is 0 Å². The Bertz CT molecular complexity index is 320. The Kier molecular flexibility index (Phi) is 3.37. The Balaban J connectivity index is 1.89. The largest absolute Gasteiger partial charge is 0.310 e. The van der Waals surface area contributed by atoms with Gasteiger partial charge in [-0.2, -0.15) is 0 Å². The van der Waals surface area contributed by atoms with Crippen LogP contribution in [-0.4, -0.2) is 6.04 Å². The van der Waals surface area contributed by atoms with Crippen LogP contribution in [0.2, 0.25) is 0 Å². The maximum absolute atomic E-state index is 13.3. The van der Waals surface area contributed by atoms with Crippen molar-refractivity contribution < 1.29 is 4.39 Å². The van der Waals surface area contributed by atoms with Gasteiger partial charge in [0.1, 0.15) is 5.82 Å². The van der Waals surface area contributed by atoms with Gasteiger partial charge in [0, 0.05) is 18.2 Å². The minimum atomic E-state index is -0.101. The van der Waals surface area contributed by atoms with E-state index in [1.807, 2.05) is 12.1 Å². The average Bonchev–Trinajstić information content (AvgIpc) is 3.06. The van der Waals surface area contributed by atoms with Crippen LogP contribution in [0.4, 0.5) is 4.39 Å². The highest BCUT2D eigenvalue weighted by molar-refractivity contribution is 5.17. The molecular weight excluding hydrogens is 189 g/mol.